The minimum absolute atomic E-state index is 0.949. The summed E-state index contributed by atoms with van der Waals surface area (Å²) < 4.78 is 4.51. The zero-order valence-electron chi connectivity index (χ0n) is 19.6. The first kappa shape index (κ1) is 20.5. The highest BCUT2D eigenvalue weighted by Gasteiger charge is 2.14. The molecule has 0 spiro atoms. The summed E-state index contributed by atoms with van der Waals surface area (Å²) in [7, 11) is 0. The van der Waals surface area contributed by atoms with Crippen molar-refractivity contribution in [2.75, 3.05) is 0 Å². The Hall–Kier alpha value is -4.89. The molecular weight excluding hydrogens is 438 g/mol. The second kappa shape index (κ2) is 8.40. The van der Waals surface area contributed by atoms with Gasteiger partial charge in [-0.2, -0.15) is 0 Å². The van der Waals surface area contributed by atoms with Gasteiger partial charge < -0.3 is 4.57 Å². The topological polar surface area (TPSA) is 22.8 Å². The fourth-order valence-corrected chi connectivity index (χ4v) is 5.08. The van der Waals surface area contributed by atoms with Gasteiger partial charge in [-0.25, -0.2) is 4.98 Å². The van der Waals surface area contributed by atoms with Crippen molar-refractivity contribution in [1.82, 2.24) is 14.1 Å². The van der Waals surface area contributed by atoms with E-state index < -0.39 is 0 Å². The largest absolute Gasteiger partial charge is 0.316 e. The van der Waals surface area contributed by atoms with E-state index in [0.29, 0.717) is 0 Å². The summed E-state index contributed by atoms with van der Waals surface area (Å²) in [5.74, 6) is 0.949. The lowest BCUT2D eigenvalue weighted by atomic mass is 10.1. The Balaban J connectivity index is 1.30. The van der Waals surface area contributed by atoms with E-state index in [4.69, 9.17) is 4.98 Å². The van der Waals surface area contributed by atoms with Gasteiger partial charge in [-0.15, -0.1) is 0 Å². The molecule has 0 fully saturated rings. The number of rotatable bonds is 4. The van der Waals surface area contributed by atoms with Crippen LogP contribution in [0.2, 0.25) is 0 Å². The molecule has 0 saturated carbocycles. The van der Waals surface area contributed by atoms with Gasteiger partial charge in [-0.1, -0.05) is 91.0 Å². The van der Waals surface area contributed by atoms with Crippen LogP contribution in [0.1, 0.15) is 5.56 Å². The van der Waals surface area contributed by atoms with Crippen molar-refractivity contribution in [2.45, 2.75) is 0 Å². The summed E-state index contributed by atoms with van der Waals surface area (Å²) in [6, 6.07) is 44.5. The van der Waals surface area contributed by atoms with Crippen molar-refractivity contribution in [3.8, 4) is 17.1 Å². The van der Waals surface area contributed by atoms with Gasteiger partial charge in [0.05, 0.1) is 22.1 Å². The molecule has 0 N–H and O–H groups in total. The van der Waals surface area contributed by atoms with Crippen LogP contribution in [0.25, 0.3) is 62.2 Å². The van der Waals surface area contributed by atoms with E-state index in [1.54, 1.807) is 0 Å². The highest BCUT2D eigenvalue weighted by Crippen LogP contribution is 2.30. The van der Waals surface area contributed by atoms with Gasteiger partial charge in [-0.3, -0.25) is 4.57 Å². The van der Waals surface area contributed by atoms with Crippen LogP contribution in [0.15, 0.2) is 127 Å². The van der Waals surface area contributed by atoms with Crippen LogP contribution < -0.4 is 0 Å². The molecule has 0 aliphatic carbocycles. The van der Waals surface area contributed by atoms with Crippen molar-refractivity contribution >= 4 is 45.1 Å². The number of fused-ring (bicyclic) bond motifs is 4. The maximum atomic E-state index is 4.96. The van der Waals surface area contributed by atoms with Gasteiger partial charge in [0.25, 0.3) is 0 Å². The smallest absolute Gasteiger partial charge is 0.145 e. The third kappa shape index (κ3) is 3.33. The summed E-state index contributed by atoms with van der Waals surface area (Å²) in [6.07, 6.45) is 4.34. The predicted octanol–water partition coefficient (Wildman–Crippen LogP) is 8.43. The van der Waals surface area contributed by atoms with Gasteiger partial charge in [-0.05, 0) is 48.0 Å². The quantitative estimate of drug-likeness (QED) is 0.258. The number of benzene rings is 5. The molecule has 36 heavy (non-hydrogen) atoms. The van der Waals surface area contributed by atoms with Crippen LogP contribution in [0, 0.1) is 0 Å². The monoisotopic (exact) mass is 461 g/mol. The summed E-state index contributed by atoms with van der Waals surface area (Å²) in [5, 5.41) is 2.54. The molecule has 2 aromatic heterocycles. The Morgan fingerprint density at radius 1 is 0.528 bits per heavy atom. The van der Waals surface area contributed by atoms with Crippen molar-refractivity contribution in [2.24, 2.45) is 0 Å². The molecule has 0 aliphatic rings. The second-order valence-corrected chi connectivity index (χ2v) is 8.94. The van der Waals surface area contributed by atoms with E-state index in [1.807, 2.05) is 12.1 Å². The van der Waals surface area contributed by atoms with Crippen molar-refractivity contribution < 1.29 is 0 Å². The fourth-order valence-electron chi connectivity index (χ4n) is 5.08. The van der Waals surface area contributed by atoms with Crippen LogP contribution in [0.3, 0.4) is 0 Å². The summed E-state index contributed by atoms with van der Waals surface area (Å²) in [6.45, 7) is 0. The predicted molar refractivity (Wildman–Crippen MR) is 151 cm³/mol. The minimum Gasteiger partial charge on any atom is -0.316 e. The van der Waals surface area contributed by atoms with Crippen LogP contribution in [-0.4, -0.2) is 14.1 Å². The van der Waals surface area contributed by atoms with E-state index in [0.717, 1.165) is 33.7 Å². The van der Waals surface area contributed by atoms with Crippen LogP contribution in [-0.2, 0) is 0 Å². The number of hydrogen-bond acceptors (Lipinski definition) is 1. The molecule has 5 aromatic carbocycles. The zero-order valence-corrected chi connectivity index (χ0v) is 19.6. The number of imidazole rings is 1. The molecule has 170 valence electrons. The fraction of sp³-hybridized carbons (Fsp3) is 0. The Morgan fingerprint density at radius 3 is 1.81 bits per heavy atom. The minimum atomic E-state index is 0.949. The molecule has 3 nitrogen and oxygen atoms in total. The SMILES string of the molecule is C(=C\n1c2ccccc2c2ccccc21)/c1ccc(-n2c(-c3ccccc3)nc3ccccc32)cc1. The first-order chi connectivity index (χ1) is 17.9. The average Bonchev–Trinajstić information content (AvgIpc) is 3.49. The van der Waals surface area contributed by atoms with Crippen molar-refractivity contribution in [3.05, 3.63) is 133 Å². The summed E-state index contributed by atoms with van der Waals surface area (Å²) in [5.41, 5.74) is 7.86. The molecule has 0 atom stereocenters. The maximum Gasteiger partial charge on any atom is 0.145 e. The zero-order chi connectivity index (χ0) is 23.9. The molecule has 3 heteroatoms. The molecule has 0 bridgehead atoms. The molecular formula is C33H23N3. The first-order valence-corrected chi connectivity index (χ1v) is 12.2. The molecule has 0 amide bonds. The first-order valence-electron chi connectivity index (χ1n) is 12.2. The lowest BCUT2D eigenvalue weighted by Gasteiger charge is -2.10. The molecule has 2 heterocycles. The third-order valence-electron chi connectivity index (χ3n) is 6.78. The highest BCUT2D eigenvalue weighted by molar-refractivity contribution is 6.09. The number of hydrogen-bond donors (Lipinski definition) is 0. The van der Waals surface area contributed by atoms with E-state index >= 15 is 0 Å². The standard InChI is InChI=1S/C33H23N3/c1-2-10-25(11-3-1)33-34-29-14-6-9-17-32(29)36(33)26-20-18-24(19-21-26)22-23-35-30-15-7-4-12-27(30)28-13-5-8-16-31(28)35/h1-23H/b23-22+. The second-order valence-electron chi connectivity index (χ2n) is 8.94. The molecule has 0 radical (unpaired) electrons. The van der Waals surface area contributed by atoms with Crippen molar-refractivity contribution in [1.29, 1.82) is 0 Å². The molecule has 0 unspecified atom stereocenters. The molecule has 7 aromatic rings. The van der Waals surface area contributed by atoms with E-state index in [2.05, 4.69) is 137 Å². The van der Waals surface area contributed by atoms with Gasteiger partial charge in [0.2, 0.25) is 0 Å². The van der Waals surface area contributed by atoms with Gasteiger partial charge in [0.15, 0.2) is 0 Å². The van der Waals surface area contributed by atoms with E-state index in [9.17, 15) is 0 Å². The van der Waals surface area contributed by atoms with E-state index in [-0.39, 0.29) is 0 Å². The number of nitrogens with zero attached hydrogens (tertiary/aromatic N) is 3. The number of para-hydroxylation sites is 4. The van der Waals surface area contributed by atoms with Crippen LogP contribution >= 0.6 is 0 Å². The normalized spacial score (nSPS) is 11.8. The average molecular weight is 462 g/mol. The number of aromatic nitrogens is 3. The van der Waals surface area contributed by atoms with Crippen LogP contribution in [0.4, 0.5) is 0 Å². The summed E-state index contributed by atoms with van der Waals surface area (Å²) >= 11 is 0. The molecule has 0 aliphatic heterocycles. The molecule has 7 rings (SSSR count). The lowest BCUT2D eigenvalue weighted by molar-refractivity contribution is 1.10. The van der Waals surface area contributed by atoms with Crippen LogP contribution in [0.5, 0.6) is 0 Å². The van der Waals surface area contributed by atoms with Gasteiger partial charge in [0.1, 0.15) is 5.82 Å². The van der Waals surface area contributed by atoms with E-state index in [1.165, 1.54) is 21.8 Å². The van der Waals surface area contributed by atoms with Gasteiger partial charge in [0, 0.05) is 28.2 Å². The molecule has 0 saturated heterocycles. The Bertz CT molecular complexity index is 1820. The Labute approximate surface area is 209 Å². The Kier molecular flexibility index (Phi) is 4.78. The summed E-state index contributed by atoms with van der Waals surface area (Å²) in [4.78, 5) is 4.96. The van der Waals surface area contributed by atoms with Gasteiger partial charge >= 0.3 is 0 Å². The third-order valence-corrected chi connectivity index (χ3v) is 6.78. The Morgan fingerprint density at radius 2 is 1.11 bits per heavy atom. The maximum absolute atomic E-state index is 4.96. The highest BCUT2D eigenvalue weighted by atomic mass is 15.1. The van der Waals surface area contributed by atoms with Crippen molar-refractivity contribution in [3.63, 3.8) is 0 Å². The lowest BCUT2D eigenvalue weighted by Crippen LogP contribution is -1.97.